The maximum absolute atomic E-state index is 13.6. The van der Waals surface area contributed by atoms with Crippen molar-refractivity contribution in [3.8, 4) is 0 Å². The molecule has 0 fully saturated rings. The highest BCUT2D eigenvalue weighted by atomic mass is 32.2. The molecule has 2 atom stereocenters. The number of carbonyl (C=O) groups is 2. The lowest BCUT2D eigenvalue weighted by Gasteiger charge is -2.23. The van der Waals surface area contributed by atoms with Gasteiger partial charge in [-0.3, -0.25) is 13.9 Å². The lowest BCUT2D eigenvalue weighted by molar-refractivity contribution is -0.678. The summed E-state index contributed by atoms with van der Waals surface area (Å²) in [6.45, 7) is 7.31. The Balaban J connectivity index is 1.89. The number of anilines is 1. The summed E-state index contributed by atoms with van der Waals surface area (Å²) in [7, 11) is -1.97. The number of quaternary nitrogens is 1. The molecule has 0 aliphatic carbocycles. The molecule has 0 aromatic heterocycles. The number of benzene rings is 2. The Hall–Kier alpha value is -2.91. The molecule has 1 aliphatic rings. The van der Waals surface area contributed by atoms with E-state index in [9.17, 15) is 18.0 Å². The van der Waals surface area contributed by atoms with E-state index in [4.69, 9.17) is 0 Å². The highest BCUT2D eigenvalue weighted by Crippen LogP contribution is 2.23. The first kappa shape index (κ1) is 30.6. The van der Waals surface area contributed by atoms with Crippen molar-refractivity contribution in [2.75, 3.05) is 30.7 Å². The zero-order valence-corrected chi connectivity index (χ0v) is 24.8. The molecule has 4 bridgehead atoms. The number of hydrogen-bond donors (Lipinski definition) is 3. The minimum absolute atomic E-state index is 0.0153. The number of nitrogens with zero attached hydrogens (tertiary/aromatic N) is 1. The quantitative estimate of drug-likeness (QED) is 0.440. The standard InChI is InChI=1S/C30H44N4O4S/c1-6-28(30(36)32-19-21(2)3)31-20-26-16-23-13-9-12-22(14-23)10-7-8-11-24-15-25(29(35)33-26)18-27(17-24)34(4)39(5,37)38/h9,12-15,17-18,21,26,28,31H,6-8,10-11,16,19-20H2,1-5H3,(H,32,36)(H,33,35)/p+1. The second-order valence-electron chi connectivity index (χ2n) is 11.1. The van der Waals surface area contributed by atoms with Gasteiger partial charge in [0.05, 0.1) is 24.5 Å². The molecule has 2 amide bonds. The third-order valence-corrected chi connectivity index (χ3v) is 8.46. The third kappa shape index (κ3) is 9.35. The van der Waals surface area contributed by atoms with Gasteiger partial charge in [0.1, 0.15) is 0 Å². The van der Waals surface area contributed by atoms with E-state index >= 15 is 0 Å². The molecule has 2 aromatic carbocycles. The van der Waals surface area contributed by atoms with Crippen LogP contribution >= 0.6 is 0 Å². The van der Waals surface area contributed by atoms with Crippen LogP contribution < -0.4 is 20.3 Å². The SMILES string of the molecule is CCC([NH2+]CC1Cc2cccc(c2)CCCCc2cc(cc(N(C)S(C)(=O)=O)c2)C(=O)N1)C(=O)NCC(C)C. The van der Waals surface area contributed by atoms with E-state index in [1.165, 1.54) is 16.9 Å². The van der Waals surface area contributed by atoms with Crippen molar-refractivity contribution in [1.29, 1.82) is 0 Å². The van der Waals surface area contributed by atoms with Gasteiger partial charge in [0.2, 0.25) is 10.0 Å². The molecule has 0 saturated heterocycles. The minimum atomic E-state index is -3.48. The van der Waals surface area contributed by atoms with Crippen molar-refractivity contribution in [3.05, 3.63) is 64.7 Å². The van der Waals surface area contributed by atoms with Crippen LogP contribution in [0.4, 0.5) is 5.69 Å². The summed E-state index contributed by atoms with van der Waals surface area (Å²) in [5, 5.41) is 8.24. The second-order valence-corrected chi connectivity index (χ2v) is 13.2. The van der Waals surface area contributed by atoms with Crippen LogP contribution in [0.25, 0.3) is 0 Å². The highest BCUT2D eigenvalue weighted by molar-refractivity contribution is 7.92. The summed E-state index contributed by atoms with van der Waals surface area (Å²) in [5.41, 5.74) is 4.27. The van der Waals surface area contributed by atoms with Crippen molar-refractivity contribution in [2.45, 2.75) is 71.4 Å². The highest BCUT2D eigenvalue weighted by Gasteiger charge is 2.24. The first-order valence-electron chi connectivity index (χ1n) is 14.0. The Morgan fingerprint density at radius 2 is 1.79 bits per heavy atom. The summed E-state index contributed by atoms with van der Waals surface area (Å²) in [5.74, 6) is 0.144. The number of nitrogens with two attached hydrogens (primary N) is 1. The molecule has 214 valence electrons. The Morgan fingerprint density at radius 3 is 2.46 bits per heavy atom. The van der Waals surface area contributed by atoms with E-state index in [1.807, 2.05) is 24.4 Å². The van der Waals surface area contributed by atoms with Crippen LogP contribution in [0, 0.1) is 5.92 Å². The number of carbonyl (C=O) groups excluding carboxylic acids is 2. The zero-order valence-electron chi connectivity index (χ0n) is 24.0. The molecule has 2 unspecified atom stereocenters. The smallest absolute Gasteiger partial charge is 0.278 e. The lowest BCUT2D eigenvalue weighted by Crippen LogP contribution is -2.95. The molecule has 1 aliphatic heterocycles. The molecule has 0 radical (unpaired) electrons. The van der Waals surface area contributed by atoms with Crippen molar-refractivity contribution >= 4 is 27.5 Å². The summed E-state index contributed by atoms with van der Waals surface area (Å²) in [6, 6.07) is 13.4. The number of amides is 2. The van der Waals surface area contributed by atoms with E-state index in [1.54, 1.807) is 6.07 Å². The predicted octanol–water partition coefficient (Wildman–Crippen LogP) is 2.42. The fourth-order valence-corrected chi connectivity index (χ4v) is 5.35. The van der Waals surface area contributed by atoms with Gasteiger partial charge in [-0.1, -0.05) is 45.0 Å². The molecular weight excluding hydrogens is 512 g/mol. The normalized spacial score (nSPS) is 17.2. The third-order valence-electron chi connectivity index (χ3n) is 7.26. The molecule has 8 nitrogen and oxygen atoms in total. The molecule has 9 heteroatoms. The zero-order chi connectivity index (χ0) is 28.6. The Morgan fingerprint density at radius 1 is 1.10 bits per heavy atom. The molecule has 4 N–H and O–H groups in total. The summed E-state index contributed by atoms with van der Waals surface area (Å²) in [4.78, 5) is 26.3. The first-order chi connectivity index (χ1) is 18.5. The van der Waals surface area contributed by atoms with E-state index in [0.717, 1.165) is 43.1 Å². The Labute approximate surface area is 234 Å². The van der Waals surface area contributed by atoms with Crippen LogP contribution in [0.3, 0.4) is 0 Å². The Bertz CT molecular complexity index is 1250. The van der Waals surface area contributed by atoms with Gasteiger partial charge in [-0.05, 0) is 72.9 Å². The predicted molar refractivity (Wildman–Crippen MR) is 156 cm³/mol. The summed E-state index contributed by atoms with van der Waals surface area (Å²) < 4.78 is 25.7. The van der Waals surface area contributed by atoms with Gasteiger partial charge in [-0.15, -0.1) is 0 Å². The van der Waals surface area contributed by atoms with Crippen LogP contribution in [0.5, 0.6) is 0 Å². The van der Waals surface area contributed by atoms with Gasteiger partial charge in [-0.2, -0.15) is 0 Å². The van der Waals surface area contributed by atoms with Crippen LogP contribution in [-0.4, -0.2) is 58.7 Å². The van der Waals surface area contributed by atoms with Crippen molar-refractivity contribution in [1.82, 2.24) is 10.6 Å². The Kier molecular flexibility index (Phi) is 10.9. The van der Waals surface area contributed by atoms with Gasteiger partial charge in [0, 0.05) is 25.6 Å². The van der Waals surface area contributed by atoms with E-state index in [-0.39, 0.29) is 23.9 Å². The molecular formula is C30H45N4O4S+. The van der Waals surface area contributed by atoms with E-state index in [2.05, 4.69) is 48.7 Å². The van der Waals surface area contributed by atoms with Gasteiger partial charge >= 0.3 is 0 Å². The monoisotopic (exact) mass is 557 g/mol. The van der Waals surface area contributed by atoms with Crippen LogP contribution in [0.2, 0.25) is 0 Å². The van der Waals surface area contributed by atoms with Gasteiger partial charge in [-0.25, -0.2) is 8.42 Å². The van der Waals surface area contributed by atoms with Crippen molar-refractivity contribution in [2.24, 2.45) is 5.92 Å². The van der Waals surface area contributed by atoms with Crippen LogP contribution in [0.1, 0.15) is 67.1 Å². The maximum atomic E-state index is 13.6. The van der Waals surface area contributed by atoms with Gasteiger partial charge in [0.25, 0.3) is 11.8 Å². The number of aryl methyl sites for hydroxylation is 2. The molecule has 3 rings (SSSR count). The van der Waals surface area contributed by atoms with Crippen LogP contribution in [-0.2, 0) is 34.1 Å². The number of nitrogens with one attached hydrogen (secondary N) is 2. The molecule has 2 aromatic rings. The average molecular weight is 558 g/mol. The summed E-state index contributed by atoms with van der Waals surface area (Å²) >= 11 is 0. The topological polar surface area (TPSA) is 112 Å². The number of rotatable bonds is 9. The fraction of sp³-hybridized carbons (Fsp3) is 0.533. The molecule has 0 spiro atoms. The fourth-order valence-electron chi connectivity index (χ4n) is 4.86. The average Bonchev–Trinajstić information content (AvgIpc) is 2.88. The van der Waals surface area contributed by atoms with Gasteiger partial charge < -0.3 is 16.0 Å². The minimum Gasteiger partial charge on any atom is -0.351 e. The summed E-state index contributed by atoms with van der Waals surface area (Å²) in [6.07, 6.45) is 6.13. The number of sulfonamides is 1. The van der Waals surface area contributed by atoms with E-state index < -0.39 is 10.0 Å². The largest absolute Gasteiger partial charge is 0.351 e. The van der Waals surface area contributed by atoms with Crippen LogP contribution in [0.15, 0.2) is 42.5 Å². The van der Waals surface area contributed by atoms with E-state index in [0.29, 0.717) is 43.1 Å². The number of fused-ring (bicyclic) bond motifs is 4. The molecule has 1 heterocycles. The maximum Gasteiger partial charge on any atom is 0.278 e. The molecule has 0 saturated carbocycles. The van der Waals surface area contributed by atoms with Gasteiger partial charge in [0.15, 0.2) is 6.04 Å². The number of hydrogen-bond acceptors (Lipinski definition) is 4. The van der Waals surface area contributed by atoms with Crippen molar-refractivity contribution in [3.63, 3.8) is 0 Å². The first-order valence-corrected chi connectivity index (χ1v) is 15.9. The lowest BCUT2D eigenvalue weighted by atomic mass is 9.97. The second kappa shape index (κ2) is 13.9. The molecule has 39 heavy (non-hydrogen) atoms. The van der Waals surface area contributed by atoms with Crippen molar-refractivity contribution < 1.29 is 23.3 Å².